The highest BCUT2D eigenvalue weighted by molar-refractivity contribution is 5.95. The number of aromatic nitrogens is 1. The second-order valence-electron chi connectivity index (χ2n) is 2.85. The standard InChI is InChI=1S/C8H8N2O6/c11-6(12)3-5(8(14)15)9-7(13)4-1-2-16-10-4/h1-2,5H,3H2,(H,9,13)(H,11,12)(H,14,15). The average molecular weight is 228 g/mol. The zero-order valence-corrected chi connectivity index (χ0v) is 7.91. The van der Waals surface area contributed by atoms with Crippen LogP contribution in [0, 0.1) is 0 Å². The molecule has 0 fully saturated rings. The third kappa shape index (κ3) is 3.08. The summed E-state index contributed by atoms with van der Waals surface area (Å²) in [6.45, 7) is 0. The minimum atomic E-state index is -1.50. The van der Waals surface area contributed by atoms with Crippen molar-refractivity contribution in [1.82, 2.24) is 10.5 Å². The normalized spacial score (nSPS) is 11.8. The molecule has 86 valence electrons. The molecule has 1 heterocycles. The van der Waals surface area contributed by atoms with E-state index in [1.165, 1.54) is 6.07 Å². The van der Waals surface area contributed by atoms with Crippen molar-refractivity contribution in [3.8, 4) is 0 Å². The average Bonchev–Trinajstić information content (AvgIpc) is 2.68. The molecule has 1 aromatic rings. The number of carbonyl (C=O) groups is 3. The third-order valence-electron chi connectivity index (χ3n) is 1.65. The van der Waals surface area contributed by atoms with Gasteiger partial charge in [-0.1, -0.05) is 5.16 Å². The second kappa shape index (κ2) is 4.91. The highest BCUT2D eigenvalue weighted by atomic mass is 16.5. The number of nitrogens with one attached hydrogen (secondary N) is 1. The van der Waals surface area contributed by atoms with E-state index in [0.29, 0.717) is 0 Å². The Bertz CT molecular complexity index is 399. The predicted octanol–water partition coefficient (Wildman–Crippen LogP) is -0.668. The molecule has 0 bridgehead atoms. The van der Waals surface area contributed by atoms with Crippen molar-refractivity contribution < 1.29 is 29.1 Å². The summed E-state index contributed by atoms with van der Waals surface area (Å²) in [5.74, 6) is -3.56. The van der Waals surface area contributed by atoms with Crippen molar-refractivity contribution >= 4 is 17.8 Å². The van der Waals surface area contributed by atoms with Gasteiger partial charge in [-0.25, -0.2) is 4.79 Å². The lowest BCUT2D eigenvalue weighted by molar-refractivity contribution is -0.145. The van der Waals surface area contributed by atoms with Gasteiger partial charge in [-0.15, -0.1) is 0 Å². The van der Waals surface area contributed by atoms with Crippen molar-refractivity contribution in [3.05, 3.63) is 18.0 Å². The van der Waals surface area contributed by atoms with E-state index in [1.807, 2.05) is 5.32 Å². The molecule has 0 saturated carbocycles. The summed E-state index contributed by atoms with van der Waals surface area (Å²) >= 11 is 0. The fourth-order valence-corrected chi connectivity index (χ4v) is 0.937. The molecule has 0 radical (unpaired) electrons. The molecule has 8 nitrogen and oxygen atoms in total. The summed E-state index contributed by atoms with van der Waals surface area (Å²) in [7, 11) is 0. The van der Waals surface area contributed by atoms with Gasteiger partial charge in [-0.3, -0.25) is 9.59 Å². The number of carbonyl (C=O) groups excluding carboxylic acids is 1. The van der Waals surface area contributed by atoms with E-state index in [9.17, 15) is 14.4 Å². The molecule has 16 heavy (non-hydrogen) atoms. The summed E-state index contributed by atoms with van der Waals surface area (Å²) in [6.07, 6.45) is 0.431. The molecule has 1 unspecified atom stereocenters. The predicted molar refractivity (Wildman–Crippen MR) is 47.6 cm³/mol. The molecule has 0 spiro atoms. The van der Waals surface area contributed by atoms with E-state index >= 15 is 0 Å². The van der Waals surface area contributed by atoms with Gasteiger partial charge >= 0.3 is 11.9 Å². The molecule has 0 aliphatic carbocycles. The van der Waals surface area contributed by atoms with E-state index < -0.39 is 30.3 Å². The van der Waals surface area contributed by atoms with Crippen LogP contribution in [0.5, 0.6) is 0 Å². The highest BCUT2D eigenvalue weighted by Crippen LogP contribution is 1.98. The lowest BCUT2D eigenvalue weighted by atomic mass is 10.2. The number of hydrogen-bond donors (Lipinski definition) is 3. The monoisotopic (exact) mass is 228 g/mol. The van der Waals surface area contributed by atoms with E-state index in [-0.39, 0.29) is 5.69 Å². The summed E-state index contributed by atoms with van der Waals surface area (Å²) in [4.78, 5) is 32.3. The first-order valence-electron chi connectivity index (χ1n) is 4.16. The Labute approximate surface area is 88.8 Å². The lowest BCUT2D eigenvalue weighted by Gasteiger charge is -2.10. The Kier molecular flexibility index (Phi) is 3.59. The van der Waals surface area contributed by atoms with Crippen molar-refractivity contribution in [2.45, 2.75) is 12.5 Å². The maximum atomic E-state index is 11.3. The highest BCUT2D eigenvalue weighted by Gasteiger charge is 2.24. The quantitative estimate of drug-likeness (QED) is 0.609. The zero-order valence-electron chi connectivity index (χ0n) is 7.91. The fourth-order valence-electron chi connectivity index (χ4n) is 0.937. The molecule has 8 heteroatoms. The van der Waals surface area contributed by atoms with Gasteiger partial charge in [0, 0.05) is 6.07 Å². The molecule has 3 N–H and O–H groups in total. The number of amides is 1. The number of aliphatic carboxylic acids is 2. The van der Waals surface area contributed by atoms with Gasteiger partial charge in [-0.2, -0.15) is 0 Å². The van der Waals surface area contributed by atoms with Crippen LogP contribution in [0.1, 0.15) is 16.9 Å². The fraction of sp³-hybridized carbons (Fsp3) is 0.250. The molecular weight excluding hydrogens is 220 g/mol. The molecule has 0 aliphatic heterocycles. The van der Waals surface area contributed by atoms with E-state index in [4.69, 9.17) is 10.2 Å². The van der Waals surface area contributed by atoms with Crippen LogP contribution in [0.2, 0.25) is 0 Å². The van der Waals surface area contributed by atoms with Gasteiger partial charge < -0.3 is 20.1 Å². The van der Waals surface area contributed by atoms with Gasteiger partial charge in [0.15, 0.2) is 5.69 Å². The topological polar surface area (TPSA) is 130 Å². The zero-order chi connectivity index (χ0) is 12.1. The summed E-state index contributed by atoms with van der Waals surface area (Å²) in [5, 5.41) is 22.4. The lowest BCUT2D eigenvalue weighted by Crippen LogP contribution is -2.42. The number of carboxylic acids is 2. The second-order valence-corrected chi connectivity index (χ2v) is 2.85. The van der Waals surface area contributed by atoms with Crippen LogP contribution >= 0.6 is 0 Å². The molecule has 1 atom stereocenters. The Balaban J connectivity index is 2.65. The number of carboxylic acid groups (broad SMARTS) is 2. The van der Waals surface area contributed by atoms with Crippen LogP contribution in [0.3, 0.4) is 0 Å². The first-order chi connectivity index (χ1) is 7.50. The van der Waals surface area contributed by atoms with E-state index in [1.54, 1.807) is 0 Å². The van der Waals surface area contributed by atoms with Crippen molar-refractivity contribution in [1.29, 1.82) is 0 Å². The molecule has 0 aromatic carbocycles. The molecule has 1 aromatic heterocycles. The minimum Gasteiger partial charge on any atom is -0.481 e. The first kappa shape index (κ1) is 11.7. The third-order valence-corrected chi connectivity index (χ3v) is 1.65. The van der Waals surface area contributed by atoms with E-state index in [2.05, 4.69) is 9.68 Å². The maximum Gasteiger partial charge on any atom is 0.326 e. The number of hydrogen-bond acceptors (Lipinski definition) is 5. The van der Waals surface area contributed by atoms with Crippen molar-refractivity contribution in [2.75, 3.05) is 0 Å². The van der Waals surface area contributed by atoms with E-state index in [0.717, 1.165) is 6.26 Å². The van der Waals surface area contributed by atoms with Gasteiger partial charge in [0.25, 0.3) is 5.91 Å². The van der Waals surface area contributed by atoms with Gasteiger partial charge in [0.1, 0.15) is 12.3 Å². The Hall–Kier alpha value is -2.38. The smallest absolute Gasteiger partial charge is 0.326 e. The first-order valence-corrected chi connectivity index (χ1v) is 4.16. The van der Waals surface area contributed by atoms with Crippen LogP contribution < -0.4 is 5.32 Å². The molecular formula is C8H8N2O6. The van der Waals surface area contributed by atoms with Gasteiger partial charge in [-0.05, 0) is 0 Å². The maximum absolute atomic E-state index is 11.3. The summed E-state index contributed by atoms with van der Waals surface area (Å²) in [6, 6.07) is -0.267. The summed E-state index contributed by atoms with van der Waals surface area (Å²) < 4.78 is 4.38. The molecule has 0 saturated heterocycles. The van der Waals surface area contributed by atoms with Crippen LogP contribution in [0.4, 0.5) is 0 Å². The Morgan fingerprint density at radius 3 is 2.56 bits per heavy atom. The van der Waals surface area contributed by atoms with Crippen molar-refractivity contribution in [2.24, 2.45) is 0 Å². The van der Waals surface area contributed by atoms with Crippen LogP contribution in [0.25, 0.3) is 0 Å². The Morgan fingerprint density at radius 1 is 1.44 bits per heavy atom. The largest absolute Gasteiger partial charge is 0.481 e. The van der Waals surface area contributed by atoms with Crippen LogP contribution in [-0.4, -0.2) is 39.3 Å². The van der Waals surface area contributed by atoms with Crippen LogP contribution in [-0.2, 0) is 9.59 Å². The number of nitrogens with zero attached hydrogens (tertiary/aromatic N) is 1. The van der Waals surface area contributed by atoms with Gasteiger partial charge in [0.2, 0.25) is 0 Å². The minimum absolute atomic E-state index is 0.114. The SMILES string of the molecule is O=C(O)CC(NC(=O)c1ccon1)C(=O)O. The summed E-state index contributed by atoms with van der Waals surface area (Å²) in [5.41, 5.74) is -0.114. The van der Waals surface area contributed by atoms with Gasteiger partial charge in [0.05, 0.1) is 6.42 Å². The molecule has 1 rings (SSSR count). The van der Waals surface area contributed by atoms with Crippen molar-refractivity contribution in [3.63, 3.8) is 0 Å². The Morgan fingerprint density at radius 2 is 2.12 bits per heavy atom. The molecule has 1 amide bonds. The molecule has 0 aliphatic rings. The van der Waals surface area contributed by atoms with Crippen LogP contribution in [0.15, 0.2) is 16.9 Å². The number of rotatable bonds is 5.